The molecule has 1 saturated heterocycles. The number of carbonyl (C=O) groups excluding carboxylic acids is 2. The highest BCUT2D eigenvalue weighted by Gasteiger charge is 2.41. The zero-order valence-electron chi connectivity index (χ0n) is 12.2. The van der Waals surface area contributed by atoms with E-state index in [0.29, 0.717) is 11.3 Å². The lowest BCUT2D eigenvalue weighted by Crippen LogP contribution is -2.33. The fourth-order valence-corrected chi connectivity index (χ4v) is 1.94. The number of cyclic esters (lactones) is 1. The van der Waals surface area contributed by atoms with Crippen LogP contribution in [0.4, 0.5) is 15.3 Å². The largest absolute Gasteiger partial charge is 0.495 e. The van der Waals surface area contributed by atoms with E-state index >= 15 is 0 Å². The molecule has 3 amide bonds. The highest BCUT2D eigenvalue weighted by atomic mass is 16.6. The molecule has 1 aliphatic rings. The Bertz CT molecular complexity index is 680. The number of nitrogens with zero attached hydrogens (tertiary/aromatic N) is 2. The standard InChI is InChI=1S/C14H14N2O6/c1-15(2)9-5-4-8(6-10(9)21-3)7-11-12(17)16(13(18)19)14(20)22-11/h4-7H,1-3H3,(H,18,19)/b11-7-. The summed E-state index contributed by atoms with van der Waals surface area (Å²) in [5, 5.41) is 8.77. The maximum Gasteiger partial charge on any atom is 0.432 e. The van der Waals surface area contributed by atoms with Crippen molar-refractivity contribution in [3.05, 3.63) is 29.5 Å². The van der Waals surface area contributed by atoms with Gasteiger partial charge >= 0.3 is 18.1 Å². The average Bonchev–Trinajstić information content (AvgIpc) is 2.72. The first-order valence-electron chi connectivity index (χ1n) is 6.21. The van der Waals surface area contributed by atoms with E-state index < -0.39 is 18.1 Å². The van der Waals surface area contributed by atoms with Gasteiger partial charge in [0.2, 0.25) is 0 Å². The molecule has 0 aromatic heterocycles. The van der Waals surface area contributed by atoms with Gasteiger partial charge in [-0.05, 0) is 23.8 Å². The lowest BCUT2D eigenvalue weighted by molar-refractivity contribution is -0.121. The van der Waals surface area contributed by atoms with Crippen molar-refractivity contribution in [1.82, 2.24) is 4.90 Å². The van der Waals surface area contributed by atoms with Gasteiger partial charge in [-0.15, -0.1) is 4.90 Å². The number of amides is 3. The van der Waals surface area contributed by atoms with Crippen LogP contribution < -0.4 is 9.64 Å². The number of imide groups is 3. The Morgan fingerprint density at radius 2 is 2.05 bits per heavy atom. The molecule has 2 rings (SSSR count). The zero-order chi connectivity index (χ0) is 16.4. The Morgan fingerprint density at radius 1 is 1.36 bits per heavy atom. The second-order valence-electron chi connectivity index (χ2n) is 4.63. The number of anilines is 1. The quantitative estimate of drug-likeness (QED) is 0.850. The molecular formula is C14H14N2O6. The highest BCUT2D eigenvalue weighted by Crippen LogP contribution is 2.29. The molecule has 1 aliphatic heterocycles. The second kappa shape index (κ2) is 5.76. The lowest BCUT2D eigenvalue weighted by atomic mass is 10.1. The summed E-state index contributed by atoms with van der Waals surface area (Å²) in [4.78, 5) is 35.8. The Hall–Kier alpha value is -3.03. The van der Waals surface area contributed by atoms with Gasteiger partial charge in [0.25, 0.3) is 0 Å². The normalized spacial score (nSPS) is 16.0. The van der Waals surface area contributed by atoms with Crippen LogP contribution >= 0.6 is 0 Å². The molecule has 0 saturated carbocycles. The third kappa shape index (κ3) is 2.71. The first kappa shape index (κ1) is 15.4. The summed E-state index contributed by atoms with van der Waals surface area (Å²) in [6.07, 6.45) is -1.63. The van der Waals surface area contributed by atoms with E-state index in [1.807, 2.05) is 19.0 Å². The summed E-state index contributed by atoms with van der Waals surface area (Å²) in [5.41, 5.74) is 1.36. The number of carboxylic acid groups (broad SMARTS) is 1. The van der Waals surface area contributed by atoms with E-state index in [4.69, 9.17) is 9.84 Å². The van der Waals surface area contributed by atoms with Gasteiger partial charge in [-0.2, -0.15) is 0 Å². The van der Waals surface area contributed by atoms with Crippen molar-refractivity contribution >= 4 is 29.9 Å². The Morgan fingerprint density at radius 3 is 2.55 bits per heavy atom. The van der Waals surface area contributed by atoms with Crippen LogP contribution in [-0.4, -0.2) is 49.3 Å². The van der Waals surface area contributed by atoms with Crippen molar-refractivity contribution in [2.45, 2.75) is 0 Å². The minimum absolute atomic E-state index is 0.0112. The van der Waals surface area contributed by atoms with Gasteiger partial charge < -0.3 is 19.5 Å². The fourth-order valence-electron chi connectivity index (χ4n) is 1.94. The molecule has 8 heteroatoms. The third-order valence-electron chi connectivity index (χ3n) is 2.97. The Labute approximate surface area is 126 Å². The summed E-state index contributed by atoms with van der Waals surface area (Å²) in [7, 11) is 5.21. The van der Waals surface area contributed by atoms with Gasteiger partial charge in [-0.25, -0.2) is 9.59 Å². The predicted octanol–water partition coefficient (Wildman–Crippen LogP) is 1.76. The molecule has 1 aromatic rings. The number of hydrogen-bond acceptors (Lipinski definition) is 6. The van der Waals surface area contributed by atoms with E-state index in [0.717, 1.165) is 5.69 Å². The zero-order valence-corrected chi connectivity index (χ0v) is 12.2. The summed E-state index contributed by atoms with van der Waals surface area (Å²) >= 11 is 0. The minimum atomic E-state index is -1.68. The molecular weight excluding hydrogens is 292 g/mol. The molecule has 0 aliphatic carbocycles. The van der Waals surface area contributed by atoms with E-state index in [2.05, 4.69) is 4.74 Å². The fraction of sp³-hybridized carbons (Fsp3) is 0.214. The van der Waals surface area contributed by atoms with Crippen LogP contribution in [0.25, 0.3) is 6.08 Å². The molecule has 0 atom stereocenters. The van der Waals surface area contributed by atoms with Crippen molar-refractivity contribution in [2.24, 2.45) is 0 Å². The van der Waals surface area contributed by atoms with Crippen molar-refractivity contribution in [1.29, 1.82) is 0 Å². The summed E-state index contributed by atoms with van der Waals surface area (Å²) in [5.74, 6) is -0.813. The SMILES string of the molecule is COc1cc(/C=C2\OC(=O)N(C(=O)O)C2=O)ccc1N(C)C. The van der Waals surface area contributed by atoms with Crippen LogP contribution in [0.15, 0.2) is 24.0 Å². The van der Waals surface area contributed by atoms with Crippen molar-refractivity contribution in [3.63, 3.8) is 0 Å². The monoisotopic (exact) mass is 306 g/mol. The minimum Gasteiger partial charge on any atom is -0.495 e. The molecule has 22 heavy (non-hydrogen) atoms. The van der Waals surface area contributed by atoms with Gasteiger partial charge in [0, 0.05) is 14.1 Å². The van der Waals surface area contributed by atoms with Crippen molar-refractivity contribution in [3.8, 4) is 5.75 Å². The smallest absolute Gasteiger partial charge is 0.432 e. The van der Waals surface area contributed by atoms with Crippen LogP contribution in [0.5, 0.6) is 5.75 Å². The first-order chi connectivity index (χ1) is 10.3. The molecule has 1 fully saturated rings. The summed E-state index contributed by atoms with van der Waals surface area (Å²) in [6, 6.07) is 5.10. The topological polar surface area (TPSA) is 96.4 Å². The molecule has 1 aromatic carbocycles. The summed E-state index contributed by atoms with van der Waals surface area (Å²) in [6.45, 7) is 0. The number of methoxy groups -OCH3 is 1. The molecule has 1 heterocycles. The van der Waals surface area contributed by atoms with E-state index in [1.165, 1.54) is 13.2 Å². The van der Waals surface area contributed by atoms with E-state index in [9.17, 15) is 14.4 Å². The van der Waals surface area contributed by atoms with Crippen LogP contribution in [-0.2, 0) is 9.53 Å². The lowest BCUT2D eigenvalue weighted by Gasteiger charge is -2.16. The van der Waals surface area contributed by atoms with Crippen LogP contribution in [0.2, 0.25) is 0 Å². The molecule has 116 valence electrons. The van der Waals surface area contributed by atoms with E-state index in [1.54, 1.807) is 18.2 Å². The molecule has 0 bridgehead atoms. The second-order valence-corrected chi connectivity index (χ2v) is 4.63. The van der Waals surface area contributed by atoms with Gasteiger partial charge in [0.05, 0.1) is 12.8 Å². The van der Waals surface area contributed by atoms with Crippen molar-refractivity contribution in [2.75, 3.05) is 26.1 Å². The van der Waals surface area contributed by atoms with E-state index in [-0.39, 0.29) is 10.7 Å². The predicted molar refractivity (Wildman–Crippen MR) is 76.6 cm³/mol. The van der Waals surface area contributed by atoms with Gasteiger partial charge in [0.15, 0.2) is 5.76 Å². The van der Waals surface area contributed by atoms with Gasteiger partial charge in [-0.3, -0.25) is 4.79 Å². The first-order valence-corrected chi connectivity index (χ1v) is 6.21. The molecule has 1 N–H and O–H groups in total. The van der Waals surface area contributed by atoms with Gasteiger partial charge in [0.1, 0.15) is 5.75 Å². The van der Waals surface area contributed by atoms with Gasteiger partial charge in [-0.1, -0.05) is 6.07 Å². The van der Waals surface area contributed by atoms with Crippen molar-refractivity contribution < 1.29 is 29.0 Å². The molecule has 0 radical (unpaired) electrons. The Kier molecular flexibility index (Phi) is 4.02. The number of ether oxygens (including phenoxy) is 2. The number of rotatable bonds is 3. The maximum absolute atomic E-state index is 11.8. The maximum atomic E-state index is 11.8. The molecule has 0 spiro atoms. The Balaban J connectivity index is 2.36. The van der Waals surface area contributed by atoms with Crippen LogP contribution in [0.1, 0.15) is 5.56 Å². The summed E-state index contributed by atoms with van der Waals surface area (Å²) < 4.78 is 9.92. The highest BCUT2D eigenvalue weighted by molar-refractivity contribution is 6.18. The number of hydrogen-bond donors (Lipinski definition) is 1. The number of carbonyl (C=O) groups is 3. The molecule has 0 unspecified atom stereocenters. The van der Waals surface area contributed by atoms with Crippen LogP contribution in [0.3, 0.4) is 0 Å². The number of benzene rings is 1. The molecule has 8 nitrogen and oxygen atoms in total. The van der Waals surface area contributed by atoms with Crippen LogP contribution in [0, 0.1) is 0 Å². The third-order valence-corrected chi connectivity index (χ3v) is 2.97. The average molecular weight is 306 g/mol.